The Hall–Kier alpha value is -2.30. The third kappa shape index (κ3) is 3.38. The van der Waals surface area contributed by atoms with Crippen molar-refractivity contribution in [3.8, 4) is 11.5 Å². The molecule has 0 saturated carbocycles. The molecule has 2 aromatic rings. The summed E-state index contributed by atoms with van der Waals surface area (Å²) in [5, 5.41) is 2.81. The van der Waals surface area contributed by atoms with Crippen LogP contribution >= 0.6 is 0 Å². The van der Waals surface area contributed by atoms with Gasteiger partial charge in [-0.05, 0) is 19.1 Å². The average Bonchev–Trinajstić information content (AvgIpc) is 2.81. The maximum atomic E-state index is 11.4. The molecule has 0 fully saturated rings. The Bertz CT molecular complexity index is 576. The number of hydrogen-bond donors (Lipinski definition) is 1. The Labute approximate surface area is 118 Å². The van der Waals surface area contributed by atoms with Gasteiger partial charge in [-0.3, -0.25) is 0 Å². The van der Waals surface area contributed by atoms with E-state index in [1.807, 2.05) is 37.3 Å². The van der Waals surface area contributed by atoms with Gasteiger partial charge in [0.2, 0.25) is 5.89 Å². The van der Waals surface area contributed by atoms with Gasteiger partial charge in [-0.15, -0.1) is 0 Å². The quantitative estimate of drug-likeness (QED) is 0.931. The molecule has 0 atom stereocenters. The van der Waals surface area contributed by atoms with Gasteiger partial charge in [0.1, 0.15) is 5.76 Å². The lowest BCUT2D eigenvalue weighted by Crippen LogP contribution is -2.35. The van der Waals surface area contributed by atoms with Crippen molar-refractivity contribution in [3.63, 3.8) is 0 Å². The summed E-state index contributed by atoms with van der Waals surface area (Å²) in [7, 11) is 3.42. The summed E-state index contributed by atoms with van der Waals surface area (Å²) in [5.41, 5.74) is 1.84. The molecule has 1 heterocycles. The molecule has 1 aromatic carbocycles. The van der Waals surface area contributed by atoms with Crippen molar-refractivity contribution in [3.05, 3.63) is 41.8 Å². The number of benzene rings is 1. The first-order chi connectivity index (χ1) is 9.58. The van der Waals surface area contributed by atoms with Gasteiger partial charge in [-0.1, -0.05) is 18.2 Å². The average molecular weight is 273 g/mol. The number of nitrogens with one attached hydrogen (secondary N) is 1. The number of nitrogens with zero attached hydrogens (tertiary/aromatic N) is 2. The first kappa shape index (κ1) is 14.1. The fraction of sp³-hybridized carbons (Fsp3) is 0.333. The van der Waals surface area contributed by atoms with Crippen LogP contribution in [0.2, 0.25) is 0 Å². The molecule has 0 unspecified atom stereocenters. The van der Waals surface area contributed by atoms with Crippen LogP contribution in [0, 0.1) is 6.92 Å². The standard InChI is InChI=1S/C15H19N3O2/c1-11-13(9-10-16-15(19)18(2)3)17-14(20-11)12-7-5-4-6-8-12/h4-8H,9-10H2,1-3H3,(H,16,19). The highest BCUT2D eigenvalue weighted by Gasteiger charge is 2.11. The Morgan fingerprint density at radius 2 is 2.00 bits per heavy atom. The molecule has 0 radical (unpaired) electrons. The monoisotopic (exact) mass is 273 g/mol. The maximum Gasteiger partial charge on any atom is 0.316 e. The first-order valence-corrected chi connectivity index (χ1v) is 6.55. The SMILES string of the molecule is Cc1oc(-c2ccccc2)nc1CCNC(=O)N(C)C. The van der Waals surface area contributed by atoms with Gasteiger partial charge in [0, 0.05) is 32.6 Å². The highest BCUT2D eigenvalue weighted by molar-refractivity contribution is 5.73. The van der Waals surface area contributed by atoms with Crippen LogP contribution in [0.4, 0.5) is 4.79 Å². The van der Waals surface area contributed by atoms with E-state index in [0.29, 0.717) is 18.9 Å². The Morgan fingerprint density at radius 3 is 2.65 bits per heavy atom. The summed E-state index contributed by atoms with van der Waals surface area (Å²) in [6.07, 6.45) is 0.655. The third-order valence-electron chi connectivity index (χ3n) is 2.96. The van der Waals surface area contributed by atoms with Crippen LogP contribution in [0.5, 0.6) is 0 Å². The molecule has 106 valence electrons. The van der Waals surface area contributed by atoms with Crippen molar-refractivity contribution in [2.45, 2.75) is 13.3 Å². The minimum Gasteiger partial charge on any atom is -0.441 e. The zero-order valence-corrected chi connectivity index (χ0v) is 12.0. The molecule has 5 nitrogen and oxygen atoms in total. The van der Waals surface area contributed by atoms with E-state index in [-0.39, 0.29) is 6.03 Å². The number of rotatable bonds is 4. The molecular weight excluding hydrogens is 254 g/mol. The molecule has 0 aliphatic carbocycles. The van der Waals surface area contributed by atoms with E-state index in [1.165, 1.54) is 4.90 Å². The Kier molecular flexibility index (Phi) is 4.40. The fourth-order valence-electron chi connectivity index (χ4n) is 1.81. The van der Waals surface area contributed by atoms with Crippen LogP contribution in [0.25, 0.3) is 11.5 Å². The summed E-state index contributed by atoms with van der Waals surface area (Å²) in [4.78, 5) is 17.4. The number of urea groups is 1. The van der Waals surface area contributed by atoms with Crippen LogP contribution in [0.15, 0.2) is 34.7 Å². The van der Waals surface area contributed by atoms with Crippen LogP contribution in [0.3, 0.4) is 0 Å². The van der Waals surface area contributed by atoms with Crippen molar-refractivity contribution in [1.82, 2.24) is 15.2 Å². The lowest BCUT2D eigenvalue weighted by atomic mass is 10.2. The van der Waals surface area contributed by atoms with Crippen LogP contribution in [-0.2, 0) is 6.42 Å². The summed E-state index contributed by atoms with van der Waals surface area (Å²) in [6.45, 7) is 2.43. The van der Waals surface area contributed by atoms with Crippen molar-refractivity contribution >= 4 is 6.03 Å². The van der Waals surface area contributed by atoms with Gasteiger partial charge >= 0.3 is 6.03 Å². The predicted molar refractivity (Wildman–Crippen MR) is 77.5 cm³/mol. The van der Waals surface area contributed by atoms with Gasteiger partial charge in [-0.25, -0.2) is 9.78 Å². The normalized spacial score (nSPS) is 10.3. The van der Waals surface area contributed by atoms with Crippen LogP contribution in [0.1, 0.15) is 11.5 Å². The zero-order valence-electron chi connectivity index (χ0n) is 12.0. The molecule has 20 heavy (non-hydrogen) atoms. The first-order valence-electron chi connectivity index (χ1n) is 6.55. The Balaban J connectivity index is 2.00. The molecule has 0 aliphatic rings. The van der Waals surface area contributed by atoms with E-state index >= 15 is 0 Å². The molecule has 2 rings (SSSR count). The van der Waals surface area contributed by atoms with E-state index in [4.69, 9.17) is 4.42 Å². The van der Waals surface area contributed by atoms with Gasteiger partial charge in [0.15, 0.2) is 0 Å². The summed E-state index contributed by atoms with van der Waals surface area (Å²) < 4.78 is 5.67. The number of carbonyl (C=O) groups is 1. The fourth-order valence-corrected chi connectivity index (χ4v) is 1.81. The number of carbonyl (C=O) groups excluding carboxylic acids is 1. The van der Waals surface area contributed by atoms with Crippen molar-refractivity contribution < 1.29 is 9.21 Å². The second-order valence-corrected chi connectivity index (χ2v) is 4.76. The van der Waals surface area contributed by atoms with Gasteiger partial charge in [-0.2, -0.15) is 0 Å². The molecule has 0 aliphatic heterocycles. The van der Waals surface area contributed by atoms with E-state index in [0.717, 1.165) is 17.0 Å². The zero-order chi connectivity index (χ0) is 14.5. The summed E-state index contributed by atoms with van der Waals surface area (Å²) >= 11 is 0. The second-order valence-electron chi connectivity index (χ2n) is 4.76. The van der Waals surface area contributed by atoms with Gasteiger partial charge < -0.3 is 14.6 Å². The number of hydrogen-bond acceptors (Lipinski definition) is 3. The molecule has 2 amide bonds. The number of aromatic nitrogens is 1. The third-order valence-corrected chi connectivity index (χ3v) is 2.96. The van der Waals surface area contributed by atoms with E-state index in [2.05, 4.69) is 10.3 Å². The molecule has 1 aromatic heterocycles. The number of aryl methyl sites for hydroxylation is 1. The summed E-state index contributed by atoms with van der Waals surface area (Å²) in [6, 6.07) is 9.68. The molecule has 0 spiro atoms. The van der Waals surface area contributed by atoms with Crippen LogP contribution in [-0.4, -0.2) is 36.6 Å². The molecule has 0 saturated heterocycles. The maximum absolute atomic E-state index is 11.4. The summed E-state index contributed by atoms with van der Waals surface area (Å²) in [5.74, 6) is 1.42. The van der Waals surface area contributed by atoms with Gasteiger partial charge in [0.05, 0.1) is 5.69 Å². The lowest BCUT2D eigenvalue weighted by molar-refractivity contribution is 0.217. The lowest BCUT2D eigenvalue weighted by Gasteiger charge is -2.11. The largest absolute Gasteiger partial charge is 0.441 e. The second kappa shape index (κ2) is 6.23. The minimum atomic E-state index is -0.102. The Morgan fingerprint density at radius 1 is 1.30 bits per heavy atom. The molecular formula is C15H19N3O2. The van der Waals surface area contributed by atoms with E-state index < -0.39 is 0 Å². The van der Waals surface area contributed by atoms with Crippen molar-refractivity contribution in [2.24, 2.45) is 0 Å². The van der Waals surface area contributed by atoms with Crippen molar-refractivity contribution in [2.75, 3.05) is 20.6 Å². The smallest absolute Gasteiger partial charge is 0.316 e. The molecule has 1 N–H and O–H groups in total. The predicted octanol–water partition coefficient (Wildman–Crippen LogP) is 2.46. The topological polar surface area (TPSA) is 58.4 Å². The highest BCUT2D eigenvalue weighted by atomic mass is 16.4. The molecule has 0 bridgehead atoms. The van der Waals surface area contributed by atoms with E-state index in [9.17, 15) is 4.79 Å². The number of oxazole rings is 1. The number of amides is 2. The highest BCUT2D eigenvalue weighted by Crippen LogP contribution is 2.21. The molecule has 5 heteroatoms. The van der Waals surface area contributed by atoms with Crippen molar-refractivity contribution in [1.29, 1.82) is 0 Å². The van der Waals surface area contributed by atoms with Crippen LogP contribution < -0.4 is 5.32 Å². The minimum absolute atomic E-state index is 0.102. The van der Waals surface area contributed by atoms with E-state index in [1.54, 1.807) is 14.1 Å². The van der Waals surface area contributed by atoms with Gasteiger partial charge in [0.25, 0.3) is 0 Å².